The molecule has 0 saturated carbocycles. The van der Waals surface area contributed by atoms with Gasteiger partial charge in [-0.15, -0.1) is 0 Å². The highest BCUT2D eigenvalue weighted by molar-refractivity contribution is 9.10. The number of benzene rings is 2. The van der Waals surface area contributed by atoms with Crippen LogP contribution in [0.3, 0.4) is 0 Å². The van der Waals surface area contributed by atoms with Gasteiger partial charge >= 0.3 is 0 Å². The second kappa shape index (κ2) is 8.42. The van der Waals surface area contributed by atoms with Crippen LogP contribution in [0.5, 0.6) is 0 Å². The van der Waals surface area contributed by atoms with Gasteiger partial charge in [0.2, 0.25) is 11.7 Å². The molecule has 30 heavy (non-hydrogen) atoms. The van der Waals surface area contributed by atoms with Crippen LogP contribution in [-0.4, -0.2) is 20.6 Å². The zero-order chi connectivity index (χ0) is 21.1. The molecular weight excluding hydrogens is 455 g/mol. The Hall–Kier alpha value is -3.59. The molecule has 2 aromatic carbocycles. The number of para-hydroxylation sites is 1. The van der Waals surface area contributed by atoms with Gasteiger partial charge in [0.15, 0.2) is 0 Å². The zero-order valence-electron chi connectivity index (χ0n) is 15.4. The van der Waals surface area contributed by atoms with Crippen LogP contribution in [0.15, 0.2) is 80.7 Å². The van der Waals surface area contributed by atoms with Gasteiger partial charge in [-0.2, -0.15) is 4.98 Å². The highest BCUT2D eigenvalue weighted by Gasteiger charge is 2.13. The lowest BCUT2D eigenvalue weighted by Crippen LogP contribution is -2.27. The Labute approximate surface area is 178 Å². The number of pyridine rings is 1. The predicted molar refractivity (Wildman–Crippen MR) is 112 cm³/mol. The summed E-state index contributed by atoms with van der Waals surface area (Å²) in [4.78, 5) is 28.8. The maximum absolute atomic E-state index is 13.7. The molecule has 0 saturated heterocycles. The van der Waals surface area contributed by atoms with Crippen LogP contribution in [0, 0.1) is 5.82 Å². The van der Waals surface area contributed by atoms with Crippen LogP contribution >= 0.6 is 15.9 Å². The molecule has 0 aliphatic carbocycles. The third kappa shape index (κ3) is 4.36. The monoisotopic (exact) mass is 468 g/mol. The van der Waals surface area contributed by atoms with Crippen molar-refractivity contribution in [3.8, 4) is 22.8 Å². The molecule has 4 aromatic rings. The van der Waals surface area contributed by atoms with Crippen LogP contribution in [0.2, 0.25) is 0 Å². The van der Waals surface area contributed by atoms with E-state index in [1.54, 1.807) is 6.07 Å². The Balaban J connectivity index is 1.55. The largest absolute Gasteiger partial charge is 0.334 e. The molecule has 7 nitrogen and oxygen atoms in total. The normalized spacial score (nSPS) is 10.7. The Kier molecular flexibility index (Phi) is 5.53. The first-order valence-electron chi connectivity index (χ1n) is 8.84. The van der Waals surface area contributed by atoms with Crippen LogP contribution in [-0.2, 0) is 11.3 Å². The van der Waals surface area contributed by atoms with Crippen LogP contribution in [0.1, 0.15) is 0 Å². The molecule has 9 heteroatoms. The van der Waals surface area contributed by atoms with Crippen molar-refractivity contribution in [3.63, 3.8) is 0 Å². The van der Waals surface area contributed by atoms with E-state index < -0.39 is 17.3 Å². The van der Waals surface area contributed by atoms with Gasteiger partial charge in [0, 0.05) is 22.3 Å². The summed E-state index contributed by atoms with van der Waals surface area (Å²) in [6, 6.07) is 16.0. The van der Waals surface area contributed by atoms with Crippen molar-refractivity contribution in [2.24, 2.45) is 0 Å². The van der Waals surface area contributed by atoms with Gasteiger partial charge in [-0.25, -0.2) is 4.39 Å². The van der Waals surface area contributed by atoms with Gasteiger partial charge in [0.05, 0.1) is 11.3 Å². The van der Waals surface area contributed by atoms with E-state index in [-0.39, 0.29) is 18.1 Å². The summed E-state index contributed by atoms with van der Waals surface area (Å²) in [6.07, 6.45) is 1.45. The number of carbonyl (C=O) groups excluding carboxylic acids is 1. The molecule has 150 valence electrons. The average molecular weight is 469 g/mol. The van der Waals surface area contributed by atoms with E-state index in [0.717, 1.165) is 10.0 Å². The van der Waals surface area contributed by atoms with Crippen molar-refractivity contribution in [2.75, 3.05) is 5.32 Å². The topological polar surface area (TPSA) is 90.0 Å². The number of amides is 1. The molecule has 0 spiro atoms. The van der Waals surface area contributed by atoms with E-state index in [2.05, 4.69) is 31.4 Å². The fourth-order valence-electron chi connectivity index (χ4n) is 2.75. The first-order valence-corrected chi connectivity index (χ1v) is 9.64. The Morgan fingerprint density at radius 1 is 1.07 bits per heavy atom. The van der Waals surface area contributed by atoms with Crippen LogP contribution in [0.4, 0.5) is 10.1 Å². The molecule has 2 heterocycles. The summed E-state index contributed by atoms with van der Waals surface area (Å²) in [6.45, 7) is -0.297. The van der Waals surface area contributed by atoms with Gasteiger partial charge in [-0.05, 0) is 42.5 Å². The van der Waals surface area contributed by atoms with Gasteiger partial charge in [0.1, 0.15) is 12.4 Å². The van der Waals surface area contributed by atoms with E-state index in [1.807, 2.05) is 24.3 Å². The van der Waals surface area contributed by atoms with Crippen LogP contribution in [0.25, 0.3) is 22.8 Å². The minimum absolute atomic E-state index is 0.0442. The number of rotatable bonds is 5. The second-order valence-electron chi connectivity index (χ2n) is 6.34. The minimum Gasteiger partial charge on any atom is -0.334 e. The lowest BCUT2D eigenvalue weighted by atomic mass is 10.2. The summed E-state index contributed by atoms with van der Waals surface area (Å²) >= 11 is 3.37. The molecule has 0 radical (unpaired) electrons. The van der Waals surface area contributed by atoms with E-state index in [1.165, 1.54) is 41.1 Å². The summed E-state index contributed by atoms with van der Waals surface area (Å²) in [7, 11) is 0. The number of carbonyl (C=O) groups is 1. The molecule has 0 fully saturated rings. The lowest BCUT2D eigenvalue weighted by molar-refractivity contribution is -0.116. The molecule has 4 rings (SSSR count). The van der Waals surface area contributed by atoms with Gasteiger partial charge in [0.25, 0.3) is 11.4 Å². The smallest absolute Gasteiger partial charge is 0.259 e. The molecule has 1 N–H and O–H groups in total. The molecule has 0 atom stereocenters. The predicted octanol–water partition coefficient (Wildman–Crippen LogP) is 4.11. The fraction of sp³-hybridized carbons (Fsp3) is 0.0476. The fourth-order valence-corrected chi connectivity index (χ4v) is 3.01. The van der Waals surface area contributed by atoms with Crippen molar-refractivity contribution in [1.29, 1.82) is 0 Å². The number of aromatic nitrogens is 3. The van der Waals surface area contributed by atoms with Crippen molar-refractivity contribution in [1.82, 2.24) is 14.7 Å². The van der Waals surface area contributed by atoms with Gasteiger partial charge < -0.3 is 14.4 Å². The van der Waals surface area contributed by atoms with E-state index >= 15 is 0 Å². The molecule has 0 bridgehead atoms. The molecule has 0 aliphatic rings. The molecular formula is C21H14BrFN4O3. The summed E-state index contributed by atoms with van der Waals surface area (Å²) < 4.78 is 21.1. The molecule has 0 unspecified atom stereocenters. The van der Waals surface area contributed by atoms with E-state index in [9.17, 15) is 14.0 Å². The maximum atomic E-state index is 13.7. The zero-order valence-corrected chi connectivity index (χ0v) is 17.0. The van der Waals surface area contributed by atoms with Crippen LogP contribution < -0.4 is 10.9 Å². The molecule has 2 aromatic heterocycles. The first kappa shape index (κ1) is 19.7. The van der Waals surface area contributed by atoms with E-state index in [4.69, 9.17) is 4.52 Å². The van der Waals surface area contributed by atoms with Crippen molar-refractivity contribution >= 4 is 27.5 Å². The highest BCUT2D eigenvalue weighted by Crippen LogP contribution is 2.23. The van der Waals surface area contributed by atoms with Crippen molar-refractivity contribution < 1.29 is 13.7 Å². The average Bonchev–Trinajstić information content (AvgIpc) is 3.22. The number of hydrogen-bond donors (Lipinski definition) is 1. The third-order valence-electron chi connectivity index (χ3n) is 4.22. The molecule has 0 aliphatic heterocycles. The number of nitrogens with zero attached hydrogens (tertiary/aromatic N) is 3. The third-order valence-corrected chi connectivity index (χ3v) is 4.75. The Morgan fingerprint density at radius 2 is 1.80 bits per heavy atom. The quantitative estimate of drug-likeness (QED) is 0.475. The summed E-state index contributed by atoms with van der Waals surface area (Å²) in [5, 5.41) is 6.41. The Morgan fingerprint density at radius 3 is 2.57 bits per heavy atom. The van der Waals surface area contributed by atoms with Crippen molar-refractivity contribution in [2.45, 2.75) is 6.54 Å². The molecule has 1 amide bonds. The number of nitrogens with one attached hydrogen (secondary N) is 1. The van der Waals surface area contributed by atoms with Gasteiger partial charge in [-0.3, -0.25) is 9.59 Å². The maximum Gasteiger partial charge on any atom is 0.259 e. The van der Waals surface area contributed by atoms with Gasteiger partial charge in [-0.1, -0.05) is 33.2 Å². The second-order valence-corrected chi connectivity index (χ2v) is 7.26. The summed E-state index contributed by atoms with van der Waals surface area (Å²) in [5.74, 6) is -0.498. The highest BCUT2D eigenvalue weighted by atomic mass is 79.9. The number of anilines is 1. The SMILES string of the molecule is O=C(Cn1cc(-c2nc(-c3ccc(Br)cc3)no2)ccc1=O)Nc1ccccc1F. The minimum atomic E-state index is -0.557. The lowest BCUT2D eigenvalue weighted by Gasteiger charge is -2.08. The Bertz CT molecular complexity index is 1270. The number of hydrogen-bond acceptors (Lipinski definition) is 5. The summed E-state index contributed by atoms with van der Waals surface area (Å²) in [5.41, 5.74) is 0.896. The van der Waals surface area contributed by atoms with Crippen molar-refractivity contribution in [3.05, 3.63) is 87.5 Å². The first-order chi connectivity index (χ1) is 14.5. The standard InChI is InChI=1S/C21H14BrFN4O3/c22-15-8-5-13(6-9-15)20-25-21(30-26-20)14-7-10-19(29)27(11-14)12-18(28)24-17-4-2-1-3-16(17)23/h1-11H,12H2,(H,24,28). The number of halogens is 2. The van der Waals surface area contributed by atoms with E-state index in [0.29, 0.717) is 11.4 Å².